The molecule has 0 radical (unpaired) electrons. The Bertz CT molecular complexity index is 297. The highest BCUT2D eigenvalue weighted by Gasteiger charge is 2.05. The zero-order chi connectivity index (χ0) is 9.68. The first-order valence-electron chi connectivity index (χ1n) is 4.20. The minimum absolute atomic E-state index is 0.170. The van der Waals surface area contributed by atoms with Crippen molar-refractivity contribution in [3.63, 3.8) is 0 Å². The van der Waals surface area contributed by atoms with Crippen molar-refractivity contribution in [2.45, 2.75) is 13.3 Å². The smallest absolute Gasteiger partial charge is 0.194 e. The van der Waals surface area contributed by atoms with Gasteiger partial charge in [-0.15, -0.1) is 0 Å². The second kappa shape index (κ2) is 4.82. The predicted octanol–water partition coefficient (Wildman–Crippen LogP) is 2.49. The Kier molecular flexibility index (Phi) is 3.71. The molecule has 70 valence electrons. The van der Waals surface area contributed by atoms with E-state index in [0.717, 1.165) is 6.42 Å². The van der Waals surface area contributed by atoms with Crippen LogP contribution in [0.2, 0.25) is 0 Å². The highest BCUT2D eigenvalue weighted by Crippen LogP contribution is 2.17. The summed E-state index contributed by atoms with van der Waals surface area (Å²) in [5.74, 6) is 0.170. The number of para-hydroxylation sites is 1. The van der Waals surface area contributed by atoms with Gasteiger partial charge in [0, 0.05) is 0 Å². The highest BCUT2D eigenvalue weighted by molar-refractivity contribution is 7.80. The molecule has 0 spiro atoms. The number of aromatic hydroxyl groups is 1. The molecule has 2 nitrogen and oxygen atoms in total. The van der Waals surface area contributed by atoms with Crippen LogP contribution in [0.1, 0.15) is 18.9 Å². The van der Waals surface area contributed by atoms with Gasteiger partial charge in [-0.2, -0.15) is 0 Å². The van der Waals surface area contributed by atoms with E-state index in [-0.39, 0.29) is 5.75 Å². The molecule has 1 rings (SSSR count). The number of ether oxygens (including phenoxy) is 1. The molecule has 13 heavy (non-hydrogen) atoms. The summed E-state index contributed by atoms with van der Waals surface area (Å²) >= 11 is 4.99. The molecule has 1 aromatic rings. The first-order chi connectivity index (χ1) is 6.25. The average molecular weight is 196 g/mol. The predicted molar refractivity (Wildman–Crippen MR) is 56.0 cm³/mol. The van der Waals surface area contributed by atoms with Gasteiger partial charge >= 0.3 is 0 Å². The Morgan fingerprint density at radius 2 is 2.15 bits per heavy atom. The maximum atomic E-state index is 9.41. The topological polar surface area (TPSA) is 29.5 Å². The van der Waals surface area contributed by atoms with Crippen molar-refractivity contribution in [2.75, 3.05) is 6.61 Å². The highest BCUT2D eigenvalue weighted by atomic mass is 32.1. The van der Waals surface area contributed by atoms with Crippen molar-refractivity contribution < 1.29 is 9.84 Å². The lowest BCUT2D eigenvalue weighted by atomic mass is 10.2. The Labute approximate surface area is 83.2 Å². The summed E-state index contributed by atoms with van der Waals surface area (Å²) in [4.78, 5) is 0. The van der Waals surface area contributed by atoms with Gasteiger partial charge in [0.15, 0.2) is 5.05 Å². The number of phenolic OH excluding ortho intramolecular Hbond substituents is 1. The van der Waals surface area contributed by atoms with Crippen LogP contribution in [0.15, 0.2) is 24.3 Å². The van der Waals surface area contributed by atoms with Crippen molar-refractivity contribution in [2.24, 2.45) is 0 Å². The molecule has 0 atom stereocenters. The van der Waals surface area contributed by atoms with E-state index < -0.39 is 0 Å². The van der Waals surface area contributed by atoms with Crippen LogP contribution < -0.4 is 0 Å². The van der Waals surface area contributed by atoms with Crippen molar-refractivity contribution >= 4 is 17.3 Å². The molecule has 0 unspecified atom stereocenters. The van der Waals surface area contributed by atoms with Crippen LogP contribution in [-0.4, -0.2) is 16.8 Å². The van der Waals surface area contributed by atoms with Crippen LogP contribution in [0.4, 0.5) is 0 Å². The van der Waals surface area contributed by atoms with E-state index >= 15 is 0 Å². The molecule has 1 N–H and O–H groups in total. The number of phenols is 1. The first-order valence-corrected chi connectivity index (χ1v) is 4.61. The summed E-state index contributed by atoms with van der Waals surface area (Å²) in [5, 5.41) is 9.77. The lowest BCUT2D eigenvalue weighted by Crippen LogP contribution is -2.04. The largest absolute Gasteiger partial charge is 0.507 e. The number of hydrogen-bond donors (Lipinski definition) is 1. The summed E-state index contributed by atoms with van der Waals surface area (Å²) in [6, 6.07) is 6.90. The standard InChI is InChI=1S/C10H12O2S/c1-2-7-12-10(13)8-5-3-4-6-9(8)11/h3-6,11H,2,7H2,1H3. The minimum Gasteiger partial charge on any atom is -0.507 e. The van der Waals surface area contributed by atoms with Gasteiger partial charge in [0.1, 0.15) is 5.75 Å². The number of benzene rings is 1. The van der Waals surface area contributed by atoms with Crippen molar-refractivity contribution in [3.05, 3.63) is 29.8 Å². The van der Waals surface area contributed by atoms with Gasteiger partial charge < -0.3 is 9.84 Å². The molecule has 0 aliphatic rings. The van der Waals surface area contributed by atoms with E-state index in [4.69, 9.17) is 17.0 Å². The maximum Gasteiger partial charge on any atom is 0.194 e. The fourth-order valence-electron chi connectivity index (χ4n) is 0.919. The molecule has 3 heteroatoms. The van der Waals surface area contributed by atoms with Crippen LogP contribution in [-0.2, 0) is 4.74 Å². The van der Waals surface area contributed by atoms with Gasteiger partial charge in [-0.3, -0.25) is 0 Å². The summed E-state index contributed by atoms with van der Waals surface area (Å²) in [6.07, 6.45) is 0.910. The van der Waals surface area contributed by atoms with E-state index in [1.165, 1.54) is 0 Å². The zero-order valence-corrected chi connectivity index (χ0v) is 8.30. The molecule has 0 heterocycles. The fraction of sp³-hybridized carbons (Fsp3) is 0.300. The quantitative estimate of drug-likeness (QED) is 0.753. The maximum absolute atomic E-state index is 9.41. The second-order valence-corrected chi connectivity index (χ2v) is 3.02. The van der Waals surface area contributed by atoms with Crippen LogP contribution in [0, 0.1) is 0 Å². The van der Waals surface area contributed by atoms with Crippen LogP contribution in [0.5, 0.6) is 5.75 Å². The van der Waals surface area contributed by atoms with E-state index in [1.807, 2.05) is 13.0 Å². The van der Waals surface area contributed by atoms with Crippen molar-refractivity contribution in [1.82, 2.24) is 0 Å². The van der Waals surface area contributed by atoms with Gasteiger partial charge in [0.2, 0.25) is 0 Å². The SMILES string of the molecule is CCCOC(=S)c1ccccc1O. The van der Waals surface area contributed by atoms with E-state index in [0.29, 0.717) is 17.2 Å². The zero-order valence-electron chi connectivity index (χ0n) is 7.49. The van der Waals surface area contributed by atoms with E-state index in [9.17, 15) is 5.11 Å². The van der Waals surface area contributed by atoms with Crippen LogP contribution in [0.3, 0.4) is 0 Å². The summed E-state index contributed by atoms with van der Waals surface area (Å²) < 4.78 is 5.23. The Balaban J connectivity index is 2.71. The number of hydrogen-bond acceptors (Lipinski definition) is 3. The molecule has 0 aliphatic carbocycles. The lowest BCUT2D eigenvalue weighted by Gasteiger charge is -2.07. The molecule has 1 aromatic carbocycles. The molecule has 0 aromatic heterocycles. The fourth-order valence-corrected chi connectivity index (χ4v) is 1.17. The molecule has 0 aliphatic heterocycles. The van der Waals surface area contributed by atoms with E-state index in [1.54, 1.807) is 18.2 Å². The monoisotopic (exact) mass is 196 g/mol. The number of rotatable bonds is 3. The molecule has 0 amide bonds. The Hall–Kier alpha value is -1.09. The van der Waals surface area contributed by atoms with Crippen LogP contribution in [0.25, 0.3) is 0 Å². The van der Waals surface area contributed by atoms with Gasteiger partial charge in [0.25, 0.3) is 0 Å². The van der Waals surface area contributed by atoms with Gasteiger partial charge in [-0.25, -0.2) is 0 Å². The molecule has 0 fully saturated rings. The van der Waals surface area contributed by atoms with Gasteiger partial charge in [-0.05, 0) is 30.8 Å². The molecular formula is C10H12O2S. The third-order valence-corrected chi connectivity index (χ3v) is 1.90. The summed E-state index contributed by atoms with van der Waals surface area (Å²) in [7, 11) is 0. The van der Waals surface area contributed by atoms with Crippen molar-refractivity contribution in [3.8, 4) is 5.75 Å². The van der Waals surface area contributed by atoms with E-state index in [2.05, 4.69) is 0 Å². The second-order valence-electron chi connectivity index (χ2n) is 2.65. The molecule has 0 bridgehead atoms. The Morgan fingerprint density at radius 1 is 1.46 bits per heavy atom. The third kappa shape index (κ3) is 2.70. The third-order valence-electron chi connectivity index (χ3n) is 1.56. The average Bonchev–Trinajstić information content (AvgIpc) is 2.15. The van der Waals surface area contributed by atoms with Gasteiger partial charge in [0.05, 0.1) is 12.2 Å². The normalized spacial score (nSPS) is 9.62. The minimum atomic E-state index is 0.170. The first kappa shape index (κ1) is 9.99. The summed E-state index contributed by atoms with van der Waals surface area (Å²) in [5.41, 5.74) is 0.589. The van der Waals surface area contributed by atoms with Gasteiger partial charge in [-0.1, -0.05) is 19.1 Å². The molecule has 0 saturated carbocycles. The van der Waals surface area contributed by atoms with Crippen LogP contribution >= 0.6 is 12.2 Å². The summed E-state index contributed by atoms with van der Waals surface area (Å²) in [6.45, 7) is 2.60. The Morgan fingerprint density at radius 3 is 2.77 bits per heavy atom. The molecule has 0 saturated heterocycles. The lowest BCUT2D eigenvalue weighted by molar-refractivity contribution is 0.312. The molecular weight excluding hydrogens is 184 g/mol. The number of thiocarbonyl (C=S) groups is 1. The van der Waals surface area contributed by atoms with Crippen molar-refractivity contribution in [1.29, 1.82) is 0 Å².